The standard InChI is InChI=1S/C14H15BrN2O2S2/c1-4-7-17-8(2)11(13(18)19-3)12(16-14(17)20)9-5-6-10(15)21-9/h4-6,12H,1,7H2,2-3H3,(H,16,20)/t12-/m1/s1. The number of hydrogen-bond acceptors (Lipinski definition) is 4. The van der Waals surface area contributed by atoms with Crippen molar-refractivity contribution in [2.24, 2.45) is 0 Å². The molecule has 7 heteroatoms. The van der Waals surface area contributed by atoms with E-state index in [9.17, 15) is 4.79 Å². The molecule has 1 N–H and O–H groups in total. The minimum Gasteiger partial charge on any atom is -0.466 e. The lowest BCUT2D eigenvalue weighted by molar-refractivity contribution is -0.136. The summed E-state index contributed by atoms with van der Waals surface area (Å²) in [6.45, 7) is 6.14. The molecule has 1 atom stereocenters. The van der Waals surface area contributed by atoms with Crippen LogP contribution < -0.4 is 5.32 Å². The summed E-state index contributed by atoms with van der Waals surface area (Å²) in [5.41, 5.74) is 1.36. The van der Waals surface area contributed by atoms with E-state index in [1.165, 1.54) is 7.11 Å². The molecule has 112 valence electrons. The Morgan fingerprint density at radius 3 is 2.90 bits per heavy atom. The zero-order valence-corrected chi connectivity index (χ0v) is 14.9. The van der Waals surface area contributed by atoms with Gasteiger partial charge in [0, 0.05) is 17.1 Å². The lowest BCUT2D eigenvalue weighted by Crippen LogP contribution is -2.47. The van der Waals surface area contributed by atoms with Crippen LogP contribution in [0.1, 0.15) is 17.8 Å². The predicted molar refractivity (Wildman–Crippen MR) is 92.1 cm³/mol. The van der Waals surface area contributed by atoms with E-state index in [1.54, 1.807) is 17.4 Å². The number of rotatable bonds is 4. The van der Waals surface area contributed by atoms with Gasteiger partial charge in [0.05, 0.1) is 22.5 Å². The second-order valence-corrected chi connectivity index (χ2v) is 7.30. The molecule has 0 saturated carbocycles. The van der Waals surface area contributed by atoms with Gasteiger partial charge in [-0.15, -0.1) is 17.9 Å². The molecule has 0 saturated heterocycles. The van der Waals surface area contributed by atoms with Gasteiger partial charge in [-0.25, -0.2) is 4.79 Å². The lowest BCUT2D eigenvalue weighted by Gasteiger charge is -2.36. The molecule has 0 amide bonds. The summed E-state index contributed by atoms with van der Waals surface area (Å²) < 4.78 is 5.94. The van der Waals surface area contributed by atoms with Gasteiger partial charge in [-0.2, -0.15) is 0 Å². The number of allylic oxidation sites excluding steroid dienone is 1. The molecule has 0 fully saturated rings. The molecule has 1 aromatic heterocycles. The van der Waals surface area contributed by atoms with E-state index in [1.807, 2.05) is 24.0 Å². The monoisotopic (exact) mass is 386 g/mol. The third-order valence-electron chi connectivity index (χ3n) is 3.19. The largest absolute Gasteiger partial charge is 0.466 e. The van der Waals surface area contributed by atoms with Gasteiger partial charge in [0.25, 0.3) is 0 Å². The SMILES string of the molecule is C=CCN1C(=S)N[C@H](c2ccc(Br)s2)C(C(=O)OC)=C1C. The van der Waals surface area contributed by atoms with Crippen LogP contribution in [0.3, 0.4) is 0 Å². The minimum absolute atomic E-state index is 0.290. The Morgan fingerprint density at radius 1 is 1.67 bits per heavy atom. The highest BCUT2D eigenvalue weighted by Gasteiger charge is 2.34. The van der Waals surface area contributed by atoms with Gasteiger partial charge in [-0.05, 0) is 47.2 Å². The van der Waals surface area contributed by atoms with Gasteiger partial charge >= 0.3 is 5.97 Å². The summed E-state index contributed by atoms with van der Waals surface area (Å²) >= 11 is 10.4. The second kappa shape index (κ2) is 6.72. The fraction of sp³-hybridized carbons (Fsp3) is 0.286. The highest BCUT2D eigenvalue weighted by atomic mass is 79.9. The number of carbonyl (C=O) groups excluding carboxylic acids is 1. The molecular weight excluding hydrogens is 372 g/mol. The third kappa shape index (κ3) is 3.20. The van der Waals surface area contributed by atoms with Crippen molar-refractivity contribution in [3.05, 3.63) is 44.7 Å². The van der Waals surface area contributed by atoms with Crippen molar-refractivity contribution in [3.63, 3.8) is 0 Å². The maximum absolute atomic E-state index is 12.2. The molecule has 1 aliphatic rings. The number of thiophene rings is 1. The number of carbonyl (C=O) groups is 1. The molecule has 0 unspecified atom stereocenters. The van der Waals surface area contributed by atoms with Crippen LogP contribution in [0, 0.1) is 0 Å². The molecule has 0 aromatic carbocycles. The van der Waals surface area contributed by atoms with Crippen LogP contribution in [0.25, 0.3) is 0 Å². The van der Waals surface area contributed by atoms with E-state index >= 15 is 0 Å². The molecule has 2 rings (SSSR count). The summed E-state index contributed by atoms with van der Waals surface area (Å²) in [5, 5.41) is 3.80. The number of halogens is 1. The molecule has 4 nitrogen and oxygen atoms in total. The first-order valence-electron chi connectivity index (χ1n) is 6.22. The quantitative estimate of drug-likeness (QED) is 0.488. The average molecular weight is 387 g/mol. The highest BCUT2D eigenvalue weighted by molar-refractivity contribution is 9.11. The van der Waals surface area contributed by atoms with Crippen LogP contribution in [0.15, 0.2) is 39.8 Å². The summed E-state index contributed by atoms with van der Waals surface area (Å²) in [6, 6.07) is 3.63. The number of ether oxygens (including phenoxy) is 1. The summed E-state index contributed by atoms with van der Waals surface area (Å²) in [7, 11) is 1.38. The minimum atomic E-state index is -0.355. The van der Waals surface area contributed by atoms with Crippen molar-refractivity contribution in [3.8, 4) is 0 Å². The molecule has 0 bridgehead atoms. The average Bonchev–Trinajstić information content (AvgIpc) is 2.88. The van der Waals surface area contributed by atoms with Crippen LogP contribution >= 0.6 is 39.5 Å². The Hall–Kier alpha value is -1.18. The van der Waals surface area contributed by atoms with Crippen molar-refractivity contribution in [2.75, 3.05) is 13.7 Å². The number of hydrogen-bond donors (Lipinski definition) is 1. The third-order valence-corrected chi connectivity index (χ3v) is 5.22. The number of nitrogens with one attached hydrogen (secondary N) is 1. The zero-order valence-electron chi connectivity index (χ0n) is 11.7. The van der Waals surface area contributed by atoms with Gasteiger partial charge in [0.1, 0.15) is 0 Å². The van der Waals surface area contributed by atoms with Crippen molar-refractivity contribution in [1.29, 1.82) is 0 Å². The number of nitrogens with zero attached hydrogens (tertiary/aromatic N) is 1. The van der Waals surface area contributed by atoms with Crippen LogP contribution in [0.4, 0.5) is 0 Å². The Morgan fingerprint density at radius 2 is 2.38 bits per heavy atom. The second-order valence-electron chi connectivity index (χ2n) is 4.41. The number of thiocarbonyl (C=S) groups is 1. The van der Waals surface area contributed by atoms with Crippen LogP contribution in [0.5, 0.6) is 0 Å². The summed E-state index contributed by atoms with van der Waals surface area (Å²) in [4.78, 5) is 15.0. The molecule has 0 radical (unpaired) electrons. The fourth-order valence-corrected chi connectivity index (χ4v) is 4.02. The summed E-state index contributed by atoms with van der Waals surface area (Å²) in [6.07, 6.45) is 1.74. The first kappa shape index (κ1) is 16.2. The molecule has 2 heterocycles. The van der Waals surface area contributed by atoms with E-state index < -0.39 is 0 Å². The lowest BCUT2D eigenvalue weighted by atomic mass is 10.0. The summed E-state index contributed by atoms with van der Waals surface area (Å²) in [5.74, 6) is -0.355. The van der Waals surface area contributed by atoms with Gasteiger partial charge < -0.3 is 15.0 Å². The highest BCUT2D eigenvalue weighted by Crippen LogP contribution is 2.36. The normalized spacial score (nSPS) is 18.5. The van der Waals surface area contributed by atoms with E-state index in [0.29, 0.717) is 17.2 Å². The molecule has 1 aromatic rings. The predicted octanol–water partition coefficient (Wildman–Crippen LogP) is 3.37. The van der Waals surface area contributed by atoms with Crippen molar-refractivity contribution in [1.82, 2.24) is 10.2 Å². The molecule has 0 aliphatic carbocycles. The number of methoxy groups -OCH3 is 1. The van der Waals surface area contributed by atoms with E-state index in [-0.39, 0.29) is 12.0 Å². The zero-order chi connectivity index (χ0) is 15.6. The van der Waals surface area contributed by atoms with Crippen molar-refractivity contribution < 1.29 is 9.53 Å². The maximum Gasteiger partial charge on any atom is 0.338 e. The molecule has 0 spiro atoms. The Labute approximate surface area is 141 Å². The maximum atomic E-state index is 12.2. The van der Waals surface area contributed by atoms with Gasteiger partial charge in [-0.3, -0.25) is 0 Å². The Kier molecular flexibility index (Phi) is 5.18. The smallest absolute Gasteiger partial charge is 0.338 e. The Bertz CT molecular complexity index is 624. The first-order valence-corrected chi connectivity index (χ1v) is 8.24. The van der Waals surface area contributed by atoms with Crippen molar-refractivity contribution >= 4 is 50.6 Å². The van der Waals surface area contributed by atoms with E-state index in [2.05, 4.69) is 27.8 Å². The van der Waals surface area contributed by atoms with Crippen LogP contribution in [-0.4, -0.2) is 29.6 Å². The number of esters is 1. The molecule has 21 heavy (non-hydrogen) atoms. The van der Waals surface area contributed by atoms with Crippen LogP contribution in [-0.2, 0) is 9.53 Å². The van der Waals surface area contributed by atoms with Gasteiger partial charge in [0.15, 0.2) is 5.11 Å². The van der Waals surface area contributed by atoms with Crippen molar-refractivity contribution in [2.45, 2.75) is 13.0 Å². The topological polar surface area (TPSA) is 41.6 Å². The van der Waals surface area contributed by atoms with E-state index in [4.69, 9.17) is 17.0 Å². The van der Waals surface area contributed by atoms with E-state index in [0.717, 1.165) is 14.4 Å². The Balaban J connectivity index is 2.51. The van der Waals surface area contributed by atoms with Gasteiger partial charge in [0.2, 0.25) is 0 Å². The molecule has 1 aliphatic heterocycles. The fourth-order valence-electron chi connectivity index (χ4n) is 2.20. The van der Waals surface area contributed by atoms with Gasteiger partial charge in [-0.1, -0.05) is 6.08 Å². The molecular formula is C14H15BrN2O2S2. The first-order chi connectivity index (χ1) is 9.99. The van der Waals surface area contributed by atoms with Crippen LogP contribution in [0.2, 0.25) is 0 Å².